The molecule has 0 atom stereocenters. The molecule has 1 saturated heterocycles. The Morgan fingerprint density at radius 2 is 1.68 bits per heavy atom. The van der Waals surface area contributed by atoms with E-state index in [1.165, 1.54) is 65.0 Å². The van der Waals surface area contributed by atoms with Crippen LogP contribution in [0.1, 0.15) is 25.7 Å². The lowest BCUT2D eigenvalue weighted by molar-refractivity contribution is 0.0409. The fourth-order valence-corrected chi connectivity index (χ4v) is 3.27. The maximum atomic E-state index is 5.45. The van der Waals surface area contributed by atoms with Crippen LogP contribution < -0.4 is 0 Å². The van der Waals surface area contributed by atoms with Gasteiger partial charge in [0, 0.05) is 52.4 Å². The predicted octanol–water partition coefficient (Wildman–Crippen LogP) is 1.12. The molecular formula is C15H31N3O. The summed E-state index contributed by atoms with van der Waals surface area (Å²) in [5, 5.41) is 0. The van der Waals surface area contributed by atoms with Gasteiger partial charge in [-0.2, -0.15) is 0 Å². The summed E-state index contributed by atoms with van der Waals surface area (Å²) in [6.45, 7) is 7.37. The van der Waals surface area contributed by atoms with E-state index < -0.39 is 0 Å². The molecule has 0 aromatic heterocycles. The van der Waals surface area contributed by atoms with Crippen molar-refractivity contribution in [1.82, 2.24) is 14.7 Å². The fraction of sp³-hybridized carbons (Fsp3) is 1.00. The second-order valence-electron chi connectivity index (χ2n) is 6.29. The van der Waals surface area contributed by atoms with Gasteiger partial charge in [-0.1, -0.05) is 0 Å². The number of hydrogen-bond acceptors (Lipinski definition) is 4. The van der Waals surface area contributed by atoms with Crippen LogP contribution in [0.15, 0.2) is 0 Å². The highest BCUT2D eigenvalue weighted by Crippen LogP contribution is 2.23. The van der Waals surface area contributed by atoms with Crippen molar-refractivity contribution in [3.05, 3.63) is 0 Å². The van der Waals surface area contributed by atoms with E-state index in [4.69, 9.17) is 4.74 Å². The Kier molecular flexibility index (Phi) is 6.07. The van der Waals surface area contributed by atoms with Gasteiger partial charge < -0.3 is 14.5 Å². The lowest BCUT2D eigenvalue weighted by Crippen LogP contribution is -2.48. The average molecular weight is 269 g/mol. The molecule has 19 heavy (non-hydrogen) atoms. The van der Waals surface area contributed by atoms with E-state index >= 15 is 0 Å². The number of hydrogen-bond donors (Lipinski definition) is 0. The Balaban J connectivity index is 1.63. The van der Waals surface area contributed by atoms with Gasteiger partial charge in [0.2, 0.25) is 0 Å². The van der Waals surface area contributed by atoms with Crippen molar-refractivity contribution >= 4 is 0 Å². The monoisotopic (exact) mass is 269 g/mol. The zero-order chi connectivity index (χ0) is 13.7. The average Bonchev–Trinajstić information content (AvgIpc) is 2.46. The van der Waals surface area contributed by atoms with Gasteiger partial charge in [-0.3, -0.25) is 4.90 Å². The summed E-state index contributed by atoms with van der Waals surface area (Å²) in [4.78, 5) is 7.60. The molecule has 0 aromatic rings. The van der Waals surface area contributed by atoms with Gasteiger partial charge in [0.1, 0.15) is 0 Å². The summed E-state index contributed by atoms with van der Waals surface area (Å²) in [5.41, 5.74) is 0. The molecule has 2 aliphatic rings. The maximum Gasteiger partial charge on any atom is 0.0572 e. The molecule has 1 aliphatic carbocycles. The van der Waals surface area contributed by atoms with E-state index in [-0.39, 0.29) is 0 Å². The number of likely N-dealkylation sites (N-methyl/N-ethyl adjacent to an activating group) is 2. The smallest absolute Gasteiger partial charge is 0.0572 e. The molecule has 2 fully saturated rings. The van der Waals surface area contributed by atoms with Crippen LogP contribution in [0.4, 0.5) is 0 Å². The number of rotatable bonds is 5. The summed E-state index contributed by atoms with van der Waals surface area (Å²) >= 11 is 0. The van der Waals surface area contributed by atoms with E-state index in [0.717, 1.165) is 6.04 Å². The van der Waals surface area contributed by atoms with Gasteiger partial charge in [-0.15, -0.1) is 0 Å². The SMILES string of the molecule is COC1CCC(N(C)CCN2CCN(C)CC2)CC1. The largest absolute Gasteiger partial charge is 0.381 e. The van der Waals surface area contributed by atoms with Gasteiger partial charge in [0.05, 0.1) is 6.10 Å². The highest BCUT2D eigenvalue weighted by Gasteiger charge is 2.24. The van der Waals surface area contributed by atoms with Crippen molar-refractivity contribution in [2.45, 2.75) is 37.8 Å². The molecule has 0 bridgehead atoms. The fourth-order valence-electron chi connectivity index (χ4n) is 3.27. The molecule has 4 heteroatoms. The van der Waals surface area contributed by atoms with E-state index in [9.17, 15) is 0 Å². The number of piperazine rings is 1. The van der Waals surface area contributed by atoms with Crippen molar-refractivity contribution in [3.63, 3.8) is 0 Å². The van der Waals surface area contributed by atoms with Gasteiger partial charge in [0.25, 0.3) is 0 Å². The van der Waals surface area contributed by atoms with Gasteiger partial charge >= 0.3 is 0 Å². The van der Waals surface area contributed by atoms with Crippen LogP contribution in [0.3, 0.4) is 0 Å². The van der Waals surface area contributed by atoms with Gasteiger partial charge in [-0.05, 0) is 39.8 Å². The van der Waals surface area contributed by atoms with Crippen molar-refractivity contribution in [1.29, 1.82) is 0 Å². The third-order valence-corrected chi connectivity index (χ3v) is 4.97. The van der Waals surface area contributed by atoms with Crippen LogP contribution >= 0.6 is 0 Å². The summed E-state index contributed by atoms with van der Waals surface area (Å²) < 4.78 is 5.45. The minimum Gasteiger partial charge on any atom is -0.381 e. The lowest BCUT2D eigenvalue weighted by atomic mass is 9.92. The lowest BCUT2D eigenvalue weighted by Gasteiger charge is -2.37. The molecule has 0 spiro atoms. The first-order valence-corrected chi connectivity index (χ1v) is 7.83. The van der Waals surface area contributed by atoms with Crippen LogP contribution in [0.5, 0.6) is 0 Å². The Hall–Kier alpha value is -0.160. The van der Waals surface area contributed by atoms with E-state index in [1.54, 1.807) is 0 Å². The van der Waals surface area contributed by atoms with Crippen molar-refractivity contribution in [3.8, 4) is 0 Å². The molecule has 1 aliphatic heterocycles. The predicted molar refractivity (Wildman–Crippen MR) is 79.6 cm³/mol. The van der Waals surface area contributed by atoms with Crippen LogP contribution in [-0.4, -0.2) is 87.3 Å². The molecule has 1 saturated carbocycles. The zero-order valence-corrected chi connectivity index (χ0v) is 13.0. The molecule has 0 radical (unpaired) electrons. The molecule has 0 aromatic carbocycles. The van der Waals surface area contributed by atoms with Crippen LogP contribution in [-0.2, 0) is 4.74 Å². The van der Waals surface area contributed by atoms with Gasteiger partial charge in [0.15, 0.2) is 0 Å². The van der Waals surface area contributed by atoms with Crippen LogP contribution in [0, 0.1) is 0 Å². The highest BCUT2D eigenvalue weighted by atomic mass is 16.5. The highest BCUT2D eigenvalue weighted by molar-refractivity contribution is 4.79. The molecule has 4 nitrogen and oxygen atoms in total. The molecule has 112 valence electrons. The molecule has 0 N–H and O–H groups in total. The van der Waals surface area contributed by atoms with Gasteiger partial charge in [-0.25, -0.2) is 0 Å². The summed E-state index contributed by atoms with van der Waals surface area (Å²) in [7, 11) is 6.37. The normalized spacial score (nSPS) is 30.9. The molecule has 2 rings (SSSR count). The maximum absolute atomic E-state index is 5.45. The third kappa shape index (κ3) is 4.71. The topological polar surface area (TPSA) is 19.0 Å². The minimum atomic E-state index is 0.516. The van der Waals surface area contributed by atoms with E-state index in [2.05, 4.69) is 28.8 Å². The summed E-state index contributed by atoms with van der Waals surface area (Å²) in [5.74, 6) is 0. The summed E-state index contributed by atoms with van der Waals surface area (Å²) in [6.07, 6.45) is 5.59. The quantitative estimate of drug-likeness (QED) is 0.744. The Labute approximate surface area is 118 Å². The van der Waals surface area contributed by atoms with E-state index in [0.29, 0.717) is 6.10 Å². The van der Waals surface area contributed by atoms with Crippen LogP contribution in [0.25, 0.3) is 0 Å². The first kappa shape index (κ1) is 15.2. The van der Waals surface area contributed by atoms with Crippen LogP contribution in [0.2, 0.25) is 0 Å². The Morgan fingerprint density at radius 3 is 2.26 bits per heavy atom. The first-order valence-electron chi connectivity index (χ1n) is 7.83. The number of methoxy groups -OCH3 is 1. The zero-order valence-electron chi connectivity index (χ0n) is 13.0. The Bertz CT molecular complexity index is 246. The third-order valence-electron chi connectivity index (χ3n) is 4.97. The summed E-state index contributed by atoms with van der Waals surface area (Å²) in [6, 6.07) is 0.777. The molecule has 0 unspecified atom stereocenters. The first-order chi connectivity index (χ1) is 9.19. The second kappa shape index (κ2) is 7.58. The molecular weight excluding hydrogens is 238 g/mol. The number of ether oxygens (including phenoxy) is 1. The molecule has 1 heterocycles. The Morgan fingerprint density at radius 1 is 1.05 bits per heavy atom. The standard InChI is InChI=1S/C15H31N3O/c1-16-8-11-18(12-9-16)13-10-17(2)14-4-6-15(19-3)7-5-14/h14-15H,4-13H2,1-3H3. The second-order valence-corrected chi connectivity index (χ2v) is 6.29. The molecule has 0 amide bonds. The van der Waals surface area contributed by atoms with E-state index in [1.807, 2.05) is 7.11 Å². The van der Waals surface area contributed by atoms with Crippen molar-refractivity contribution in [2.75, 3.05) is 60.5 Å². The minimum absolute atomic E-state index is 0.516. The van der Waals surface area contributed by atoms with Crippen molar-refractivity contribution < 1.29 is 4.74 Å². The number of nitrogens with zero attached hydrogens (tertiary/aromatic N) is 3. The van der Waals surface area contributed by atoms with Crippen molar-refractivity contribution in [2.24, 2.45) is 0 Å².